The molecule has 0 radical (unpaired) electrons. The Kier molecular flexibility index (Phi) is 5.53. The van der Waals surface area contributed by atoms with Crippen LogP contribution in [0.1, 0.15) is 32.3 Å². The van der Waals surface area contributed by atoms with Crippen LogP contribution in [0.4, 0.5) is 5.69 Å². The number of carbonyl (C=O) groups is 1. The van der Waals surface area contributed by atoms with Gasteiger partial charge in [0.1, 0.15) is 10.7 Å². The number of rotatable bonds is 5. The van der Waals surface area contributed by atoms with E-state index in [4.69, 9.17) is 4.74 Å². The normalized spacial score (nSPS) is 14.9. The average Bonchev–Trinajstić information content (AvgIpc) is 2.47. The number of benzene rings is 1. The van der Waals surface area contributed by atoms with Crippen LogP contribution in [0.5, 0.6) is 0 Å². The van der Waals surface area contributed by atoms with Gasteiger partial charge in [0, 0.05) is 11.4 Å². The van der Waals surface area contributed by atoms with Gasteiger partial charge in [-0.3, -0.25) is 4.79 Å². The molecule has 3 nitrogen and oxygen atoms in total. The molecule has 4 heteroatoms. The largest absolute Gasteiger partial charge is 0.496 e. The van der Waals surface area contributed by atoms with Gasteiger partial charge in [0.05, 0.1) is 6.61 Å². The molecule has 108 valence electrons. The molecule has 0 fully saturated rings. The Hall–Kier alpha value is -1.42. The number of unbranched alkanes of at least 4 members (excludes halogenated alkanes) is 1. The van der Waals surface area contributed by atoms with E-state index in [0.717, 1.165) is 23.6 Å². The van der Waals surface area contributed by atoms with E-state index in [1.807, 2.05) is 19.1 Å². The van der Waals surface area contributed by atoms with Crippen LogP contribution in [-0.2, 0) is 16.0 Å². The van der Waals surface area contributed by atoms with E-state index in [9.17, 15) is 4.79 Å². The summed E-state index contributed by atoms with van der Waals surface area (Å²) in [6.07, 6.45) is 3.49. The lowest BCUT2D eigenvalue weighted by Gasteiger charge is -2.17. The SMILES string of the molecule is CCCCc1ccc(NC(=O)C2=C(C)OCCS2)cc1. The highest BCUT2D eigenvalue weighted by atomic mass is 32.2. The van der Waals surface area contributed by atoms with Crippen molar-refractivity contribution in [2.24, 2.45) is 0 Å². The molecule has 1 heterocycles. The summed E-state index contributed by atoms with van der Waals surface area (Å²) >= 11 is 1.56. The molecule has 1 amide bonds. The molecule has 0 unspecified atom stereocenters. The smallest absolute Gasteiger partial charge is 0.265 e. The summed E-state index contributed by atoms with van der Waals surface area (Å²) in [5.41, 5.74) is 2.15. The van der Waals surface area contributed by atoms with Crippen LogP contribution >= 0.6 is 11.8 Å². The third-order valence-corrected chi connectivity index (χ3v) is 4.34. The van der Waals surface area contributed by atoms with Crippen molar-refractivity contribution in [2.75, 3.05) is 17.7 Å². The third kappa shape index (κ3) is 4.04. The molecule has 1 aromatic rings. The maximum absolute atomic E-state index is 12.2. The van der Waals surface area contributed by atoms with Crippen molar-refractivity contribution in [2.45, 2.75) is 33.1 Å². The Balaban J connectivity index is 1.97. The molecule has 1 aliphatic rings. The summed E-state index contributed by atoms with van der Waals surface area (Å²) in [5.74, 6) is 1.47. The summed E-state index contributed by atoms with van der Waals surface area (Å²) in [6, 6.07) is 8.09. The van der Waals surface area contributed by atoms with E-state index in [-0.39, 0.29) is 5.91 Å². The van der Waals surface area contributed by atoms with Gasteiger partial charge in [0.25, 0.3) is 5.91 Å². The number of hydrogen-bond acceptors (Lipinski definition) is 3. The quantitative estimate of drug-likeness (QED) is 0.892. The maximum atomic E-state index is 12.2. The molecule has 0 saturated heterocycles. The average molecular weight is 291 g/mol. The first-order chi connectivity index (χ1) is 9.70. The highest BCUT2D eigenvalue weighted by molar-refractivity contribution is 8.04. The minimum absolute atomic E-state index is 0.0755. The van der Waals surface area contributed by atoms with Crippen LogP contribution in [-0.4, -0.2) is 18.3 Å². The van der Waals surface area contributed by atoms with Crippen molar-refractivity contribution in [3.05, 3.63) is 40.5 Å². The zero-order chi connectivity index (χ0) is 14.4. The van der Waals surface area contributed by atoms with Crippen molar-refractivity contribution in [1.29, 1.82) is 0 Å². The number of amides is 1. The fourth-order valence-electron chi connectivity index (χ4n) is 2.05. The summed E-state index contributed by atoms with van der Waals surface area (Å²) in [7, 11) is 0. The van der Waals surface area contributed by atoms with Gasteiger partial charge >= 0.3 is 0 Å². The minimum Gasteiger partial charge on any atom is -0.496 e. The fourth-order valence-corrected chi connectivity index (χ4v) is 2.87. The van der Waals surface area contributed by atoms with E-state index >= 15 is 0 Å². The molecule has 0 spiro atoms. The highest BCUT2D eigenvalue weighted by Gasteiger charge is 2.18. The van der Waals surface area contributed by atoms with Gasteiger partial charge in [0.15, 0.2) is 0 Å². The number of aryl methyl sites for hydroxylation is 1. The van der Waals surface area contributed by atoms with Crippen LogP contribution < -0.4 is 5.32 Å². The first kappa shape index (κ1) is 15.0. The van der Waals surface area contributed by atoms with E-state index in [2.05, 4.69) is 24.4 Å². The second kappa shape index (κ2) is 7.39. The molecule has 0 aromatic heterocycles. The number of allylic oxidation sites excluding steroid dienone is 1. The summed E-state index contributed by atoms with van der Waals surface area (Å²) in [4.78, 5) is 12.9. The molecule has 1 aliphatic heterocycles. The Morgan fingerprint density at radius 1 is 1.35 bits per heavy atom. The first-order valence-corrected chi connectivity index (χ1v) is 8.06. The van der Waals surface area contributed by atoms with E-state index in [1.54, 1.807) is 11.8 Å². The van der Waals surface area contributed by atoms with Crippen molar-refractivity contribution in [3.8, 4) is 0 Å². The zero-order valence-corrected chi connectivity index (χ0v) is 12.9. The Bertz CT molecular complexity index is 494. The number of ether oxygens (including phenoxy) is 1. The highest BCUT2D eigenvalue weighted by Crippen LogP contribution is 2.26. The lowest BCUT2D eigenvalue weighted by atomic mass is 10.1. The number of nitrogens with one attached hydrogen (secondary N) is 1. The van der Waals surface area contributed by atoms with Crippen LogP contribution in [0.25, 0.3) is 0 Å². The zero-order valence-electron chi connectivity index (χ0n) is 12.1. The molecule has 1 aromatic carbocycles. The van der Waals surface area contributed by atoms with Gasteiger partial charge in [-0.25, -0.2) is 0 Å². The number of thioether (sulfide) groups is 1. The lowest BCUT2D eigenvalue weighted by Crippen LogP contribution is -2.18. The molecular weight excluding hydrogens is 270 g/mol. The second-order valence-corrected chi connectivity index (χ2v) is 5.94. The van der Waals surface area contributed by atoms with Gasteiger partial charge in [-0.15, -0.1) is 11.8 Å². The first-order valence-electron chi connectivity index (χ1n) is 7.07. The minimum atomic E-state index is -0.0755. The van der Waals surface area contributed by atoms with Crippen molar-refractivity contribution < 1.29 is 9.53 Å². The molecule has 0 atom stereocenters. The number of hydrogen-bond donors (Lipinski definition) is 1. The molecule has 0 saturated carbocycles. The van der Waals surface area contributed by atoms with E-state index in [1.165, 1.54) is 18.4 Å². The molecular formula is C16H21NO2S. The Labute approximate surface area is 124 Å². The molecule has 1 N–H and O–H groups in total. The second-order valence-electron chi connectivity index (χ2n) is 4.84. The molecule has 2 rings (SSSR count). The summed E-state index contributed by atoms with van der Waals surface area (Å²) < 4.78 is 5.41. The number of carbonyl (C=O) groups excluding carboxylic acids is 1. The molecule has 0 aliphatic carbocycles. The molecule has 0 bridgehead atoms. The summed E-state index contributed by atoms with van der Waals surface area (Å²) in [6.45, 7) is 4.71. The predicted octanol–water partition coefficient (Wildman–Crippen LogP) is 3.96. The van der Waals surface area contributed by atoms with Gasteiger partial charge in [0.2, 0.25) is 0 Å². The Morgan fingerprint density at radius 2 is 2.10 bits per heavy atom. The van der Waals surface area contributed by atoms with Gasteiger partial charge in [-0.05, 0) is 37.5 Å². The van der Waals surface area contributed by atoms with Gasteiger partial charge in [-0.1, -0.05) is 25.5 Å². The standard InChI is InChI=1S/C16H21NO2S/c1-3-4-5-13-6-8-14(9-7-13)17-16(18)15-12(2)19-10-11-20-15/h6-9H,3-5,10-11H2,1-2H3,(H,17,18). The van der Waals surface area contributed by atoms with E-state index in [0.29, 0.717) is 11.5 Å². The number of anilines is 1. The van der Waals surface area contributed by atoms with Crippen molar-refractivity contribution >= 4 is 23.4 Å². The predicted molar refractivity (Wildman–Crippen MR) is 84.8 cm³/mol. The van der Waals surface area contributed by atoms with Gasteiger partial charge < -0.3 is 10.1 Å². The topological polar surface area (TPSA) is 38.3 Å². The van der Waals surface area contributed by atoms with Crippen LogP contribution in [0.3, 0.4) is 0 Å². The Morgan fingerprint density at radius 3 is 2.75 bits per heavy atom. The van der Waals surface area contributed by atoms with Gasteiger partial charge in [-0.2, -0.15) is 0 Å². The summed E-state index contributed by atoms with van der Waals surface area (Å²) in [5, 5.41) is 2.93. The van der Waals surface area contributed by atoms with Crippen molar-refractivity contribution in [1.82, 2.24) is 0 Å². The monoisotopic (exact) mass is 291 g/mol. The maximum Gasteiger partial charge on any atom is 0.265 e. The van der Waals surface area contributed by atoms with E-state index < -0.39 is 0 Å². The van der Waals surface area contributed by atoms with Crippen LogP contribution in [0, 0.1) is 0 Å². The third-order valence-electron chi connectivity index (χ3n) is 3.21. The fraction of sp³-hybridized carbons (Fsp3) is 0.438. The van der Waals surface area contributed by atoms with Crippen LogP contribution in [0.2, 0.25) is 0 Å². The van der Waals surface area contributed by atoms with Crippen LogP contribution in [0.15, 0.2) is 34.9 Å². The lowest BCUT2D eigenvalue weighted by molar-refractivity contribution is -0.112. The van der Waals surface area contributed by atoms with Crippen molar-refractivity contribution in [3.63, 3.8) is 0 Å². The molecule has 20 heavy (non-hydrogen) atoms.